The van der Waals surface area contributed by atoms with Crippen molar-refractivity contribution in [3.05, 3.63) is 63.7 Å². The van der Waals surface area contributed by atoms with E-state index in [0.717, 1.165) is 23.9 Å². The van der Waals surface area contributed by atoms with Gasteiger partial charge in [0.25, 0.3) is 0 Å². The first-order chi connectivity index (χ1) is 11.5. The van der Waals surface area contributed by atoms with Gasteiger partial charge < -0.3 is 15.5 Å². The molecule has 0 fully saturated rings. The molecule has 0 aliphatic heterocycles. The van der Waals surface area contributed by atoms with Gasteiger partial charge in [-0.2, -0.15) is 5.10 Å². The minimum Gasteiger partial charge on any atom is -0.507 e. The van der Waals surface area contributed by atoms with Crippen LogP contribution in [0.15, 0.2) is 47.6 Å². The predicted molar refractivity (Wildman–Crippen MR) is 93.0 cm³/mol. The number of hydrogen-bond donors (Lipinski definition) is 4. The highest BCUT2D eigenvalue weighted by atomic mass is 32.1. The van der Waals surface area contributed by atoms with E-state index in [-0.39, 0.29) is 16.4 Å². The fourth-order valence-corrected chi connectivity index (χ4v) is 1.93. The van der Waals surface area contributed by atoms with Crippen LogP contribution in [0.3, 0.4) is 0 Å². The maximum Gasteiger partial charge on any atom is 0.311 e. The Morgan fingerprint density at radius 1 is 1.25 bits per heavy atom. The molecule has 0 saturated carbocycles. The monoisotopic (exact) mass is 346 g/mol. The molecule has 8 nitrogen and oxygen atoms in total. The normalized spacial score (nSPS) is 10.5. The van der Waals surface area contributed by atoms with Crippen molar-refractivity contribution in [2.75, 3.05) is 0 Å². The number of rotatable bonds is 5. The quantitative estimate of drug-likeness (QED) is 0.283. The van der Waals surface area contributed by atoms with Crippen LogP contribution in [-0.4, -0.2) is 26.5 Å². The Hall–Kier alpha value is -3.20. The Labute approximate surface area is 142 Å². The second-order valence-corrected chi connectivity index (χ2v) is 5.10. The molecular weight excluding hydrogens is 332 g/mol. The topological polar surface area (TPSA) is 120 Å². The van der Waals surface area contributed by atoms with Crippen LogP contribution < -0.4 is 10.7 Å². The molecule has 0 radical (unpaired) electrons. The molecule has 0 unspecified atom stereocenters. The lowest BCUT2D eigenvalue weighted by Crippen LogP contribution is -2.31. The summed E-state index contributed by atoms with van der Waals surface area (Å²) >= 11 is 5.04. The summed E-state index contributed by atoms with van der Waals surface area (Å²) in [6, 6.07) is 11.5. The smallest absolute Gasteiger partial charge is 0.311 e. The molecule has 4 N–H and O–H groups in total. The van der Waals surface area contributed by atoms with Crippen LogP contribution in [0.5, 0.6) is 11.5 Å². The van der Waals surface area contributed by atoms with E-state index in [9.17, 15) is 20.3 Å². The molecule has 2 rings (SSSR count). The Kier molecular flexibility index (Phi) is 5.63. The molecule has 0 atom stereocenters. The third-order valence-corrected chi connectivity index (χ3v) is 3.22. The average Bonchev–Trinajstić information content (AvgIpc) is 2.55. The number of phenols is 2. The zero-order valence-corrected chi connectivity index (χ0v) is 13.2. The molecule has 0 heterocycles. The summed E-state index contributed by atoms with van der Waals surface area (Å²) in [5.74, 6) is -0.963. The maximum absolute atomic E-state index is 10.8. The summed E-state index contributed by atoms with van der Waals surface area (Å²) in [6.07, 6.45) is 1.16. The number of nitrogens with one attached hydrogen (secondary N) is 2. The third kappa shape index (κ3) is 4.65. The van der Waals surface area contributed by atoms with Crippen molar-refractivity contribution in [1.82, 2.24) is 10.7 Å². The number of nitrogens with zero attached hydrogens (tertiary/aromatic N) is 2. The van der Waals surface area contributed by atoms with Gasteiger partial charge in [0.05, 0.1) is 11.1 Å². The first-order valence-corrected chi connectivity index (χ1v) is 7.19. The van der Waals surface area contributed by atoms with E-state index in [1.165, 1.54) is 0 Å². The van der Waals surface area contributed by atoms with Crippen molar-refractivity contribution in [1.29, 1.82) is 0 Å². The van der Waals surface area contributed by atoms with Crippen LogP contribution in [0.25, 0.3) is 0 Å². The molecule has 24 heavy (non-hydrogen) atoms. The van der Waals surface area contributed by atoms with Gasteiger partial charge in [0, 0.05) is 24.2 Å². The molecule has 2 aromatic rings. The highest BCUT2D eigenvalue weighted by Crippen LogP contribution is 2.31. The van der Waals surface area contributed by atoms with Gasteiger partial charge in [-0.05, 0) is 17.8 Å². The number of hydrogen-bond acceptors (Lipinski definition) is 6. The first-order valence-electron chi connectivity index (χ1n) is 6.78. The SMILES string of the molecule is O=[N+]([O-])c1cc(C=NNC(=S)NCc2ccccc2)c(O)cc1O. The van der Waals surface area contributed by atoms with E-state index >= 15 is 0 Å². The van der Waals surface area contributed by atoms with Crippen molar-refractivity contribution in [3.63, 3.8) is 0 Å². The van der Waals surface area contributed by atoms with E-state index in [1.54, 1.807) is 0 Å². The number of thiocarbonyl (C=S) groups is 1. The lowest BCUT2D eigenvalue weighted by molar-refractivity contribution is -0.385. The molecule has 0 saturated heterocycles. The largest absolute Gasteiger partial charge is 0.507 e. The van der Waals surface area contributed by atoms with Crippen LogP contribution in [-0.2, 0) is 6.54 Å². The van der Waals surface area contributed by atoms with Crippen LogP contribution in [0.2, 0.25) is 0 Å². The van der Waals surface area contributed by atoms with Gasteiger partial charge in [-0.25, -0.2) is 0 Å². The second-order valence-electron chi connectivity index (χ2n) is 4.70. The van der Waals surface area contributed by atoms with E-state index in [1.807, 2.05) is 30.3 Å². The van der Waals surface area contributed by atoms with Gasteiger partial charge in [-0.1, -0.05) is 30.3 Å². The Bertz CT molecular complexity index is 781. The summed E-state index contributed by atoms with van der Waals surface area (Å²) in [7, 11) is 0. The number of phenolic OH excluding ortho intramolecular Hbond substituents is 2. The molecule has 0 aromatic heterocycles. The van der Waals surface area contributed by atoms with Crippen LogP contribution in [0.4, 0.5) is 5.69 Å². The second kappa shape index (κ2) is 7.88. The predicted octanol–water partition coefficient (Wildman–Crippen LogP) is 2.00. The molecule has 0 amide bonds. The molecule has 2 aromatic carbocycles. The Morgan fingerprint density at radius 3 is 2.62 bits per heavy atom. The number of benzene rings is 2. The minimum atomic E-state index is -0.758. The van der Waals surface area contributed by atoms with Crippen molar-refractivity contribution < 1.29 is 15.1 Å². The highest BCUT2D eigenvalue weighted by molar-refractivity contribution is 7.80. The zero-order chi connectivity index (χ0) is 17.5. The summed E-state index contributed by atoms with van der Waals surface area (Å²) < 4.78 is 0. The lowest BCUT2D eigenvalue weighted by Gasteiger charge is -2.07. The first kappa shape index (κ1) is 17.2. The average molecular weight is 346 g/mol. The molecular formula is C15H14N4O4S. The summed E-state index contributed by atoms with van der Waals surface area (Å²) in [5.41, 5.74) is 3.12. The fourth-order valence-electron chi connectivity index (χ4n) is 1.81. The van der Waals surface area contributed by atoms with Gasteiger partial charge in [-0.3, -0.25) is 15.5 Å². The van der Waals surface area contributed by atoms with Crippen LogP contribution in [0.1, 0.15) is 11.1 Å². The van der Waals surface area contributed by atoms with Crippen molar-refractivity contribution in [2.24, 2.45) is 5.10 Å². The van der Waals surface area contributed by atoms with E-state index in [2.05, 4.69) is 15.8 Å². The molecule has 0 spiro atoms. The van der Waals surface area contributed by atoms with Gasteiger partial charge in [0.15, 0.2) is 10.9 Å². The van der Waals surface area contributed by atoms with Gasteiger partial charge in [-0.15, -0.1) is 0 Å². The maximum atomic E-state index is 10.8. The van der Waals surface area contributed by atoms with Crippen LogP contribution >= 0.6 is 12.2 Å². The van der Waals surface area contributed by atoms with Gasteiger partial charge in [0.2, 0.25) is 0 Å². The van der Waals surface area contributed by atoms with E-state index < -0.39 is 16.4 Å². The lowest BCUT2D eigenvalue weighted by atomic mass is 10.2. The Morgan fingerprint density at radius 2 is 1.96 bits per heavy atom. The van der Waals surface area contributed by atoms with Gasteiger partial charge in [0.1, 0.15) is 5.75 Å². The summed E-state index contributed by atoms with van der Waals surface area (Å²) in [5, 5.41) is 36.8. The van der Waals surface area contributed by atoms with E-state index in [4.69, 9.17) is 12.2 Å². The minimum absolute atomic E-state index is 0.0675. The number of hydrazone groups is 1. The molecule has 9 heteroatoms. The molecule has 0 bridgehead atoms. The van der Waals surface area contributed by atoms with Crippen molar-refractivity contribution in [2.45, 2.75) is 6.54 Å². The van der Waals surface area contributed by atoms with Crippen molar-refractivity contribution >= 4 is 29.2 Å². The Balaban J connectivity index is 1.95. The van der Waals surface area contributed by atoms with Crippen LogP contribution in [0, 0.1) is 10.1 Å². The van der Waals surface area contributed by atoms with Gasteiger partial charge >= 0.3 is 5.69 Å². The third-order valence-electron chi connectivity index (χ3n) is 2.99. The number of nitro benzene ring substituents is 1. The highest BCUT2D eigenvalue weighted by Gasteiger charge is 2.16. The zero-order valence-electron chi connectivity index (χ0n) is 12.3. The molecule has 124 valence electrons. The molecule has 0 aliphatic rings. The standard InChI is InChI=1S/C15H14N4O4S/c20-13-7-14(21)12(19(22)23)6-11(13)9-17-18-15(24)16-8-10-4-2-1-3-5-10/h1-7,9,20-21H,8H2,(H2,16,18,24). The molecule has 0 aliphatic carbocycles. The fraction of sp³-hybridized carbons (Fsp3) is 0.0667. The number of nitro groups is 1. The van der Waals surface area contributed by atoms with E-state index in [0.29, 0.717) is 6.54 Å². The number of aromatic hydroxyl groups is 2. The summed E-state index contributed by atoms with van der Waals surface area (Å²) in [4.78, 5) is 10.0. The summed E-state index contributed by atoms with van der Waals surface area (Å²) in [6.45, 7) is 0.512. The van der Waals surface area contributed by atoms with Crippen molar-refractivity contribution in [3.8, 4) is 11.5 Å².